The first-order chi connectivity index (χ1) is 7.13. The van der Waals surface area contributed by atoms with E-state index in [1.165, 1.54) is 0 Å². The van der Waals surface area contributed by atoms with Gasteiger partial charge in [0.15, 0.2) is 5.96 Å². The molecule has 0 aliphatic heterocycles. The molecule has 0 radical (unpaired) electrons. The van der Waals surface area contributed by atoms with Gasteiger partial charge in [0.05, 0.1) is 10.7 Å². The molecule has 0 heterocycles. The first-order valence-corrected chi connectivity index (χ1v) is 5.82. The van der Waals surface area contributed by atoms with Crippen molar-refractivity contribution < 1.29 is 0 Å². The van der Waals surface area contributed by atoms with Gasteiger partial charge in [0.1, 0.15) is 0 Å². The number of nitrogens with one attached hydrogen (secondary N) is 1. The van der Waals surface area contributed by atoms with Crippen molar-refractivity contribution in [3.8, 4) is 0 Å². The fourth-order valence-electron chi connectivity index (χ4n) is 1.00. The van der Waals surface area contributed by atoms with Crippen LogP contribution in [-0.2, 0) is 0 Å². The molecule has 1 rings (SSSR count). The Hall–Kier alpha value is -0.740. The second-order valence-corrected chi connectivity index (χ2v) is 4.34. The van der Waals surface area contributed by atoms with E-state index in [0.29, 0.717) is 17.5 Å². The lowest BCUT2D eigenvalue weighted by Crippen LogP contribution is -2.23. The third-order valence-electron chi connectivity index (χ3n) is 1.70. The van der Waals surface area contributed by atoms with Gasteiger partial charge in [-0.1, -0.05) is 34.5 Å². The van der Waals surface area contributed by atoms with Crippen LogP contribution in [-0.4, -0.2) is 12.5 Å². The average Bonchev–Trinajstić information content (AvgIpc) is 2.20. The largest absolute Gasteiger partial charge is 0.370 e. The van der Waals surface area contributed by atoms with E-state index in [1.807, 2.05) is 19.1 Å². The van der Waals surface area contributed by atoms with Crippen molar-refractivity contribution in [2.75, 3.05) is 11.9 Å². The minimum absolute atomic E-state index is 0.386. The first kappa shape index (κ1) is 12.3. The zero-order chi connectivity index (χ0) is 11.3. The van der Waals surface area contributed by atoms with Gasteiger partial charge in [-0.2, -0.15) is 0 Å². The van der Waals surface area contributed by atoms with Gasteiger partial charge in [0, 0.05) is 11.0 Å². The molecule has 0 spiro atoms. The molecule has 82 valence electrons. The smallest absolute Gasteiger partial charge is 0.193 e. The number of nitrogens with zero attached hydrogens (tertiary/aromatic N) is 1. The molecule has 5 heteroatoms. The van der Waals surface area contributed by atoms with E-state index in [-0.39, 0.29) is 0 Å². The molecule has 0 aromatic heterocycles. The van der Waals surface area contributed by atoms with E-state index >= 15 is 0 Å². The lowest BCUT2D eigenvalue weighted by atomic mass is 10.3. The molecule has 0 aliphatic rings. The number of hydrogen-bond acceptors (Lipinski definition) is 1. The highest BCUT2D eigenvalue weighted by atomic mass is 79.9. The number of anilines is 1. The van der Waals surface area contributed by atoms with E-state index in [0.717, 1.165) is 16.6 Å². The summed E-state index contributed by atoms with van der Waals surface area (Å²) >= 11 is 9.34. The Balaban J connectivity index is 2.75. The van der Waals surface area contributed by atoms with Crippen LogP contribution in [0.3, 0.4) is 0 Å². The predicted octanol–water partition coefficient (Wildman–Crippen LogP) is 3.24. The standard InChI is InChI=1S/C10H13BrClN3/c1-2-5-14-10(13)15-9-6-7(11)3-4-8(9)12/h3-4,6H,2,5H2,1H3,(H3,13,14,15). The van der Waals surface area contributed by atoms with Crippen LogP contribution < -0.4 is 11.1 Å². The van der Waals surface area contributed by atoms with Gasteiger partial charge < -0.3 is 11.1 Å². The van der Waals surface area contributed by atoms with Gasteiger partial charge in [-0.15, -0.1) is 0 Å². The van der Waals surface area contributed by atoms with Crippen LogP contribution >= 0.6 is 27.5 Å². The Morgan fingerprint density at radius 1 is 1.60 bits per heavy atom. The number of nitrogens with two attached hydrogens (primary N) is 1. The van der Waals surface area contributed by atoms with Crippen LogP contribution in [0.5, 0.6) is 0 Å². The predicted molar refractivity (Wildman–Crippen MR) is 69.6 cm³/mol. The summed E-state index contributed by atoms with van der Waals surface area (Å²) in [5, 5.41) is 3.57. The summed E-state index contributed by atoms with van der Waals surface area (Å²) in [7, 11) is 0. The molecule has 3 nitrogen and oxygen atoms in total. The first-order valence-electron chi connectivity index (χ1n) is 4.65. The van der Waals surface area contributed by atoms with Gasteiger partial charge in [-0.05, 0) is 24.6 Å². The maximum atomic E-state index is 5.98. The summed E-state index contributed by atoms with van der Waals surface area (Å²) in [6, 6.07) is 5.52. The van der Waals surface area contributed by atoms with Crippen molar-refractivity contribution in [1.29, 1.82) is 0 Å². The normalized spacial score (nSPS) is 11.5. The maximum Gasteiger partial charge on any atom is 0.193 e. The Bertz CT molecular complexity index is 366. The molecule has 1 aromatic rings. The van der Waals surface area contributed by atoms with Crippen molar-refractivity contribution in [3.63, 3.8) is 0 Å². The van der Waals surface area contributed by atoms with Gasteiger partial charge >= 0.3 is 0 Å². The maximum absolute atomic E-state index is 5.98. The summed E-state index contributed by atoms with van der Waals surface area (Å²) in [4.78, 5) is 4.12. The SMILES string of the molecule is CCCN=C(N)Nc1cc(Br)ccc1Cl. The molecular formula is C10H13BrClN3. The lowest BCUT2D eigenvalue weighted by molar-refractivity contribution is 0.929. The Kier molecular flexibility index (Phi) is 4.91. The van der Waals surface area contributed by atoms with E-state index in [4.69, 9.17) is 17.3 Å². The number of hydrogen-bond donors (Lipinski definition) is 2. The summed E-state index contributed by atoms with van der Waals surface area (Å²) in [6.07, 6.45) is 0.967. The Labute approximate surface area is 103 Å². The molecule has 1 aromatic carbocycles. The average molecular weight is 291 g/mol. The monoisotopic (exact) mass is 289 g/mol. The third-order valence-corrected chi connectivity index (χ3v) is 2.52. The molecule has 0 saturated heterocycles. The van der Waals surface area contributed by atoms with Crippen molar-refractivity contribution in [2.45, 2.75) is 13.3 Å². The van der Waals surface area contributed by atoms with E-state index in [1.54, 1.807) is 6.07 Å². The Morgan fingerprint density at radius 3 is 3.00 bits per heavy atom. The fourth-order valence-corrected chi connectivity index (χ4v) is 1.53. The molecule has 0 bridgehead atoms. The molecule has 0 fully saturated rings. The molecule has 0 saturated carbocycles. The van der Waals surface area contributed by atoms with Gasteiger partial charge in [-0.3, -0.25) is 4.99 Å². The zero-order valence-electron chi connectivity index (χ0n) is 8.43. The highest BCUT2D eigenvalue weighted by Gasteiger charge is 2.01. The van der Waals surface area contributed by atoms with Gasteiger partial charge in [0.25, 0.3) is 0 Å². The van der Waals surface area contributed by atoms with Crippen LogP contribution in [0.25, 0.3) is 0 Å². The third kappa shape index (κ3) is 4.10. The summed E-state index contributed by atoms with van der Waals surface area (Å²) < 4.78 is 0.942. The lowest BCUT2D eigenvalue weighted by Gasteiger charge is -2.07. The highest BCUT2D eigenvalue weighted by molar-refractivity contribution is 9.10. The molecule has 3 N–H and O–H groups in total. The minimum Gasteiger partial charge on any atom is -0.370 e. The van der Waals surface area contributed by atoms with Crippen molar-refractivity contribution in [1.82, 2.24) is 0 Å². The van der Waals surface area contributed by atoms with Crippen LogP contribution in [0.2, 0.25) is 5.02 Å². The zero-order valence-corrected chi connectivity index (χ0v) is 10.8. The molecule has 0 atom stereocenters. The van der Waals surface area contributed by atoms with E-state index in [2.05, 4.69) is 26.2 Å². The van der Waals surface area contributed by atoms with Crippen molar-refractivity contribution >= 4 is 39.2 Å². The van der Waals surface area contributed by atoms with Gasteiger partial charge in [0.2, 0.25) is 0 Å². The quantitative estimate of drug-likeness (QED) is 0.663. The second kappa shape index (κ2) is 5.98. The molecular weight excluding hydrogens is 277 g/mol. The number of rotatable bonds is 3. The van der Waals surface area contributed by atoms with E-state index < -0.39 is 0 Å². The summed E-state index contributed by atoms with van der Waals surface area (Å²) in [5.41, 5.74) is 6.43. The van der Waals surface area contributed by atoms with Gasteiger partial charge in [-0.25, -0.2) is 0 Å². The second-order valence-electron chi connectivity index (χ2n) is 3.02. The van der Waals surface area contributed by atoms with Crippen molar-refractivity contribution in [3.05, 3.63) is 27.7 Å². The summed E-state index contributed by atoms with van der Waals surface area (Å²) in [5.74, 6) is 0.386. The van der Waals surface area contributed by atoms with Crippen LogP contribution in [0, 0.1) is 0 Å². The highest BCUT2D eigenvalue weighted by Crippen LogP contribution is 2.25. The summed E-state index contributed by atoms with van der Waals surface area (Å²) in [6.45, 7) is 2.76. The fraction of sp³-hybridized carbons (Fsp3) is 0.300. The van der Waals surface area contributed by atoms with Crippen LogP contribution in [0.1, 0.15) is 13.3 Å². The number of benzene rings is 1. The van der Waals surface area contributed by atoms with Crippen molar-refractivity contribution in [2.24, 2.45) is 10.7 Å². The van der Waals surface area contributed by atoms with Crippen LogP contribution in [0.15, 0.2) is 27.7 Å². The number of guanidine groups is 1. The molecule has 0 aliphatic carbocycles. The number of halogens is 2. The Morgan fingerprint density at radius 2 is 2.33 bits per heavy atom. The molecule has 0 amide bonds. The topological polar surface area (TPSA) is 50.4 Å². The molecule has 15 heavy (non-hydrogen) atoms. The number of aliphatic imine (C=N–C) groups is 1. The van der Waals surface area contributed by atoms with Crippen LogP contribution in [0.4, 0.5) is 5.69 Å². The minimum atomic E-state index is 0.386. The molecule has 0 unspecified atom stereocenters. The van der Waals surface area contributed by atoms with E-state index in [9.17, 15) is 0 Å².